The first kappa shape index (κ1) is 53.5. The van der Waals surface area contributed by atoms with Gasteiger partial charge in [0, 0.05) is 95.1 Å². The molecular formula is C84H57B2N5OS. The molecule has 9 heteroatoms. The third-order valence-electron chi connectivity index (χ3n) is 19.5. The number of nitrogens with zero attached hydrogens (tertiary/aromatic N) is 5. The standard InChI is InChI=1S/C84H57B2N5OS/c1-8-28-56(29-9-1)81-72(48-49-73-82(81)65-42-22-25-45-70(65)89(73)61-38-18-6-19-39-61)91-74-55-79-69(54-68(74)86-67-44-24-27-47-77(67)92-78-52-63(50-75(91)83(78)86)87(57-30-10-2-11-31-57)58-32-12-3-13-33-58)85-66-43-23-26-46-71(66)90(62-40-20-7-21-41-62)76-51-64(53-80(93-79)84(76)85)88(59-34-14-4-15-35-59)60-36-16-5-17-37-60/h1-55,69,79H. The highest BCUT2D eigenvalue weighted by Crippen LogP contribution is 2.57. The van der Waals surface area contributed by atoms with E-state index < -0.39 is 0 Å². The topological polar surface area (TPSA) is 27.1 Å². The number of rotatable bonds is 10. The fourth-order valence-electron chi connectivity index (χ4n) is 15.8. The molecule has 0 radical (unpaired) electrons. The fourth-order valence-corrected chi connectivity index (χ4v) is 17.3. The molecule has 1 aliphatic carbocycles. The predicted molar refractivity (Wildman–Crippen MR) is 391 cm³/mol. The zero-order chi connectivity index (χ0) is 61.1. The summed E-state index contributed by atoms with van der Waals surface area (Å²) < 4.78 is 9.89. The van der Waals surface area contributed by atoms with Gasteiger partial charge in [0.05, 0.1) is 22.4 Å². The van der Waals surface area contributed by atoms with E-state index in [0.717, 1.165) is 95.9 Å². The molecule has 2 atom stereocenters. The van der Waals surface area contributed by atoms with Gasteiger partial charge in [-0.1, -0.05) is 200 Å². The van der Waals surface area contributed by atoms with E-state index in [1.54, 1.807) is 0 Å². The Balaban J connectivity index is 0.914. The van der Waals surface area contributed by atoms with Crippen molar-refractivity contribution >= 4 is 131 Å². The average molecular weight is 1210 g/mol. The maximum Gasteiger partial charge on any atom is 0.255 e. The van der Waals surface area contributed by atoms with E-state index in [-0.39, 0.29) is 24.5 Å². The van der Waals surface area contributed by atoms with Crippen molar-refractivity contribution in [3.05, 3.63) is 345 Å². The van der Waals surface area contributed by atoms with Crippen molar-refractivity contribution in [1.82, 2.24) is 4.57 Å². The first-order valence-electron chi connectivity index (χ1n) is 32.1. The molecule has 0 saturated heterocycles. The monoisotopic (exact) mass is 1210 g/mol. The van der Waals surface area contributed by atoms with E-state index in [4.69, 9.17) is 4.74 Å². The molecule has 93 heavy (non-hydrogen) atoms. The van der Waals surface area contributed by atoms with Crippen molar-refractivity contribution < 1.29 is 4.74 Å². The highest BCUT2D eigenvalue weighted by atomic mass is 32.2. The van der Waals surface area contributed by atoms with Gasteiger partial charge in [0.1, 0.15) is 11.5 Å². The predicted octanol–water partition coefficient (Wildman–Crippen LogP) is 19.6. The minimum atomic E-state index is -0.165. The van der Waals surface area contributed by atoms with Gasteiger partial charge in [0.15, 0.2) is 0 Å². The first-order chi connectivity index (χ1) is 46.2. The van der Waals surface area contributed by atoms with Crippen LogP contribution in [0.4, 0.5) is 62.6 Å². The fraction of sp³-hybridized carbons (Fsp3) is 0.0238. The third-order valence-corrected chi connectivity index (χ3v) is 20.9. The Morgan fingerprint density at radius 1 is 0.376 bits per heavy atom. The molecule has 5 heterocycles. The minimum absolute atomic E-state index is 0.00148. The van der Waals surface area contributed by atoms with Crippen LogP contribution in [0.1, 0.15) is 0 Å². The van der Waals surface area contributed by atoms with Crippen LogP contribution in [0.15, 0.2) is 350 Å². The number of benzene rings is 13. The summed E-state index contributed by atoms with van der Waals surface area (Å²) in [5, 5.41) is 2.39. The van der Waals surface area contributed by atoms with Crippen LogP contribution in [0.3, 0.4) is 0 Å². The zero-order valence-electron chi connectivity index (χ0n) is 50.6. The zero-order valence-corrected chi connectivity index (χ0v) is 51.4. The molecule has 2 unspecified atom stereocenters. The second kappa shape index (κ2) is 21.7. The molecule has 436 valence electrons. The summed E-state index contributed by atoms with van der Waals surface area (Å²) in [7, 11) is 0. The molecule has 0 fully saturated rings. The third kappa shape index (κ3) is 8.47. The summed E-state index contributed by atoms with van der Waals surface area (Å²) in [6.07, 6.45) is 5.42. The number of hydrogen-bond donors (Lipinski definition) is 0. The number of hydrogen-bond acceptors (Lipinski definition) is 6. The number of para-hydroxylation sites is 9. The highest BCUT2D eigenvalue weighted by Gasteiger charge is 2.52. The Labute approximate surface area is 546 Å². The van der Waals surface area contributed by atoms with E-state index in [1.807, 2.05) is 11.8 Å². The summed E-state index contributed by atoms with van der Waals surface area (Å²) in [5.74, 6) is 1.78. The van der Waals surface area contributed by atoms with Crippen molar-refractivity contribution in [2.45, 2.75) is 16.0 Å². The van der Waals surface area contributed by atoms with Crippen LogP contribution < -0.4 is 46.2 Å². The van der Waals surface area contributed by atoms with Gasteiger partial charge in [-0.05, 0) is 166 Å². The Morgan fingerprint density at radius 3 is 1.55 bits per heavy atom. The second-order valence-corrected chi connectivity index (χ2v) is 25.8. The molecule has 5 aliphatic rings. The Kier molecular flexibility index (Phi) is 12.4. The molecule has 4 aliphatic heterocycles. The van der Waals surface area contributed by atoms with Crippen LogP contribution in [0, 0.1) is 0 Å². The molecule has 13 aromatic carbocycles. The molecule has 1 aromatic heterocycles. The van der Waals surface area contributed by atoms with Crippen LogP contribution in [0.25, 0.3) is 38.6 Å². The summed E-state index contributed by atoms with van der Waals surface area (Å²) in [4.78, 5) is 11.3. The number of fused-ring (bicyclic) bond motifs is 11. The largest absolute Gasteiger partial charge is 0.458 e. The molecule has 0 amide bonds. The van der Waals surface area contributed by atoms with Crippen LogP contribution in [-0.4, -0.2) is 23.2 Å². The van der Waals surface area contributed by atoms with Gasteiger partial charge in [-0.15, -0.1) is 11.8 Å². The highest BCUT2D eigenvalue weighted by molar-refractivity contribution is 8.00. The van der Waals surface area contributed by atoms with Crippen molar-refractivity contribution in [2.75, 3.05) is 19.6 Å². The molecule has 6 nitrogen and oxygen atoms in total. The second-order valence-electron chi connectivity index (χ2n) is 24.6. The number of ether oxygens (including phenoxy) is 1. The van der Waals surface area contributed by atoms with Crippen molar-refractivity contribution in [3.63, 3.8) is 0 Å². The lowest BCUT2D eigenvalue weighted by molar-refractivity contribution is 0.487. The molecule has 0 N–H and O–H groups in total. The van der Waals surface area contributed by atoms with Gasteiger partial charge in [-0.2, -0.15) is 0 Å². The van der Waals surface area contributed by atoms with Gasteiger partial charge in [0.25, 0.3) is 6.71 Å². The smallest absolute Gasteiger partial charge is 0.255 e. The van der Waals surface area contributed by atoms with E-state index >= 15 is 0 Å². The SMILES string of the molecule is C1=C2B3c4ccccc4Oc4cc(N(c5ccccc5)c5ccccc5)cc(c43)N(c3ccc4c(c3-c3ccccc3)c3ccccc3n4-c3ccccc3)C2=CC2Sc3cc(N(c4ccccc4)c4ccccc4)cc4c3B(c3ccccc3N4c3ccccc3)C12. The average Bonchev–Trinajstić information content (AvgIpc) is 0.905. The summed E-state index contributed by atoms with van der Waals surface area (Å²) >= 11 is 2.02. The van der Waals surface area contributed by atoms with E-state index in [9.17, 15) is 0 Å². The van der Waals surface area contributed by atoms with Crippen LogP contribution in [0.2, 0.25) is 5.82 Å². The molecule has 0 spiro atoms. The lowest BCUT2D eigenvalue weighted by atomic mass is 9.28. The Morgan fingerprint density at radius 2 is 0.903 bits per heavy atom. The summed E-state index contributed by atoms with van der Waals surface area (Å²) in [6, 6.07) is 118. The maximum absolute atomic E-state index is 7.44. The number of aromatic nitrogens is 1. The van der Waals surface area contributed by atoms with Crippen LogP contribution in [0.5, 0.6) is 11.5 Å². The van der Waals surface area contributed by atoms with E-state index in [1.165, 1.54) is 54.7 Å². The van der Waals surface area contributed by atoms with Gasteiger partial charge >= 0.3 is 0 Å². The quantitative estimate of drug-likeness (QED) is 0.127. The number of allylic oxidation sites excluding steroid dienone is 2. The summed E-state index contributed by atoms with van der Waals surface area (Å²) in [6.45, 7) is -0.155. The lowest BCUT2D eigenvalue weighted by Gasteiger charge is -2.49. The maximum atomic E-state index is 7.44. The van der Waals surface area contributed by atoms with E-state index in [0.29, 0.717) is 0 Å². The lowest BCUT2D eigenvalue weighted by Crippen LogP contribution is -2.59. The normalized spacial score (nSPS) is 15.4. The molecule has 14 aromatic rings. The van der Waals surface area contributed by atoms with Crippen molar-refractivity contribution in [2.24, 2.45) is 0 Å². The van der Waals surface area contributed by atoms with Crippen molar-refractivity contribution in [1.29, 1.82) is 0 Å². The van der Waals surface area contributed by atoms with Crippen LogP contribution in [-0.2, 0) is 0 Å². The minimum Gasteiger partial charge on any atom is -0.458 e. The molecular weight excluding hydrogens is 1150 g/mol. The number of thioether (sulfide) groups is 1. The van der Waals surface area contributed by atoms with Gasteiger partial charge in [-0.25, -0.2) is 0 Å². The Bertz CT molecular complexity index is 5240. The van der Waals surface area contributed by atoms with Crippen LogP contribution >= 0.6 is 11.8 Å². The molecule has 0 bridgehead atoms. The summed E-state index contributed by atoms with van der Waals surface area (Å²) in [5.41, 5.74) is 25.3. The van der Waals surface area contributed by atoms with Crippen molar-refractivity contribution in [3.8, 4) is 28.3 Å². The molecule has 0 saturated carbocycles. The van der Waals surface area contributed by atoms with E-state index in [2.05, 4.69) is 358 Å². The first-order valence-corrected chi connectivity index (χ1v) is 33.0. The van der Waals surface area contributed by atoms with Gasteiger partial charge < -0.3 is 28.9 Å². The Hall–Kier alpha value is -11.4. The van der Waals surface area contributed by atoms with Gasteiger partial charge in [0.2, 0.25) is 6.71 Å². The molecule has 19 rings (SSSR count). The van der Waals surface area contributed by atoms with Gasteiger partial charge in [-0.3, -0.25) is 0 Å². The number of anilines is 11.